The lowest BCUT2D eigenvalue weighted by Gasteiger charge is -2.26. The van der Waals surface area contributed by atoms with Gasteiger partial charge in [-0.2, -0.15) is 10.2 Å². The van der Waals surface area contributed by atoms with Crippen LogP contribution >= 0.6 is 0 Å². The lowest BCUT2D eigenvalue weighted by molar-refractivity contribution is 0.205. The predicted octanol–water partition coefficient (Wildman–Crippen LogP) is 5.47. The fourth-order valence-electron chi connectivity index (χ4n) is 4.65. The molecule has 2 aromatic heterocycles. The lowest BCUT2D eigenvalue weighted by Crippen LogP contribution is -2.31. The molecule has 2 aromatic carbocycles. The van der Waals surface area contributed by atoms with Crippen LogP contribution in [-0.2, 0) is 6.42 Å². The minimum atomic E-state index is 0.533. The smallest absolute Gasteiger partial charge is 0.181 e. The Morgan fingerprint density at radius 3 is 2.53 bits per heavy atom. The van der Waals surface area contributed by atoms with E-state index in [4.69, 9.17) is 4.74 Å². The van der Waals surface area contributed by atoms with Crippen molar-refractivity contribution in [2.75, 3.05) is 26.2 Å². The third-order valence-electron chi connectivity index (χ3n) is 6.42. The maximum atomic E-state index is 5.99. The number of likely N-dealkylation sites (tertiary alicyclic amines) is 1. The molecular weight excluding hydrogens is 424 g/mol. The molecule has 0 saturated carbocycles. The number of nitrogens with one attached hydrogen (secondary N) is 2. The molecule has 5 rings (SSSR count). The maximum absolute atomic E-state index is 5.99. The first-order chi connectivity index (χ1) is 16.7. The van der Waals surface area contributed by atoms with Crippen LogP contribution in [0, 0.1) is 5.92 Å². The van der Waals surface area contributed by atoms with Crippen molar-refractivity contribution in [3.05, 3.63) is 48.3 Å². The first-order valence-electron chi connectivity index (χ1n) is 12.5. The van der Waals surface area contributed by atoms with Gasteiger partial charge in [-0.05, 0) is 80.7 Å². The van der Waals surface area contributed by atoms with Gasteiger partial charge in [0, 0.05) is 29.5 Å². The van der Waals surface area contributed by atoms with Gasteiger partial charge in [-0.1, -0.05) is 20.3 Å². The Bertz CT molecular complexity index is 1200. The van der Waals surface area contributed by atoms with E-state index >= 15 is 0 Å². The molecule has 0 amide bonds. The molecule has 7 heteroatoms. The van der Waals surface area contributed by atoms with Crippen LogP contribution in [0.5, 0.6) is 5.75 Å². The number of hydrogen-bond donors (Lipinski definition) is 2. The molecule has 0 aliphatic carbocycles. The van der Waals surface area contributed by atoms with Crippen molar-refractivity contribution in [1.29, 1.82) is 0 Å². The van der Waals surface area contributed by atoms with Crippen LogP contribution in [-0.4, -0.2) is 56.5 Å². The Balaban J connectivity index is 1.25. The summed E-state index contributed by atoms with van der Waals surface area (Å²) in [6, 6.07) is 14.4. The molecule has 34 heavy (non-hydrogen) atoms. The van der Waals surface area contributed by atoms with Gasteiger partial charge in [-0.3, -0.25) is 10.2 Å². The van der Waals surface area contributed by atoms with Crippen LogP contribution in [0.2, 0.25) is 0 Å². The first-order valence-corrected chi connectivity index (χ1v) is 12.5. The highest BCUT2D eigenvalue weighted by Gasteiger charge is 2.13. The van der Waals surface area contributed by atoms with Crippen molar-refractivity contribution in [1.82, 2.24) is 30.3 Å². The summed E-state index contributed by atoms with van der Waals surface area (Å²) in [5.74, 6) is 3.08. The van der Waals surface area contributed by atoms with Crippen LogP contribution in [0.1, 0.15) is 45.4 Å². The second kappa shape index (κ2) is 10.4. The molecule has 0 unspecified atom stereocenters. The largest absolute Gasteiger partial charge is 0.494 e. The Morgan fingerprint density at radius 1 is 0.941 bits per heavy atom. The first kappa shape index (κ1) is 22.6. The van der Waals surface area contributed by atoms with Crippen LogP contribution in [0.25, 0.3) is 33.5 Å². The number of piperidine rings is 1. The average molecular weight is 459 g/mol. The fraction of sp³-hybridized carbons (Fsp3) is 0.444. The fourth-order valence-corrected chi connectivity index (χ4v) is 4.65. The third kappa shape index (κ3) is 5.30. The summed E-state index contributed by atoms with van der Waals surface area (Å²) in [5.41, 5.74) is 3.95. The lowest BCUT2D eigenvalue weighted by atomic mass is 10.1. The number of aromatic nitrogens is 5. The molecule has 0 radical (unpaired) electrons. The van der Waals surface area contributed by atoms with Gasteiger partial charge in [-0.15, -0.1) is 0 Å². The number of aromatic amines is 2. The summed E-state index contributed by atoms with van der Waals surface area (Å²) >= 11 is 0. The summed E-state index contributed by atoms with van der Waals surface area (Å²) < 4.78 is 5.99. The molecule has 178 valence electrons. The highest BCUT2D eigenvalue weighted by atomic mass is 16.5. The zero-order chi connectivity index (χ0) is 23.3. The van der Waals surface area contributed by atoms with Gasteiger partial charge in [-0.25, -0.2) is 4.98 Å². The predicted molar refractivity (Wildman–Crippen MR) is 136 cm³/mol. The number of ether oxygens (including phenoxy) is 1. The maximum Gasteiger partial charge on any atom is 0.181 e. The highest BCUT2D eigenvalue weighted by molar-refractivity contribution is 5.95. The molecule has 7 nitrogen and oxygen atoms in total. The molecule has 4 aromatic rings. The Morgan fingerprint density at radius 2 is 1.74 bits per heavy atom. The molecule has 0 spiro atoms. The Hall–Kier alpha value is -3.19. The van der Waals surface area contributed by atoms with E-state index in [2.05, 4.69) is 62.3 Å². The average Bonchev–Trinajstić information content (AvgIpc) is 3.49. The molecule has 1 fully saturated rings. The van der Waals surface area contributed by atoms with Crippen LogP contribution < -0.4 is 4.74 Å². The van der Waals surface area contributed by atoms with E-state index in [0.29, 0.717) is 5.92 Å². The minimum absolute atomic E-state index is 0.533. The number of fused-ring (bicyclic) bond motifs is 1. The second-order valence-corrected chi connectivity index (χ2v) is 9.66. The van der Waals surface area contributed by atoms with E-state index in [1.54, 1.807) is 0 Å². The standard InChI is InChI=1S/C27H34N6O/c1-19(2)17-25-28-27(32-30-25)21-9-12-24-23(18-21)26(31-29-24)20-7-10-22(11-8-20)34-16-6-15-33-13-4-3-5-14-33/h7-12,18-19H,3-6,13-17H2,1-2H3,(H,29,31)(H,28,30,32). The van der Waals surface area contributed by atoms with Gasteiger partial charge in [0.15, 0.2) is 5.82 Å². The Kier molecular flexibility index (Phi) is 6.90. The van der Waals surface area contributed by atoms with Gasteiger partial charge in [0.05, 0.1) is 17.8 Å². The number of rotatable bonds is 9. The van der Waals surface area contributed by atoms with E-state index in [9.17, 15) is 0 Å². The van der Waals surface area contributed by atoms with Crippen LogP contribution in [0.15, 0.2) is 42.5 Å². The van der Waals surface area contributed by atoms with E-state index in [1.807, 2.05) is 24.3 Å². The van der Waals surface area contributed by atoms with Gasteiger partial charge in [0.1, 0.15) is 11.6 Å². The third-order valence-corrected chi connectivity index (χ3v) is 6.42. The second-order valence-electron chi connectivity index (χ2n) is 9.66. The van der Waals surface area contributed by atoms with E-state index in [-0.39, 0.29) is 0 Å². The van der Waals surface area contributed by atoms with E-state index < -0.39 is 0 Å². The summed E-state index contributed by atoms with van der Waals surface area (Å²) in [5, 5.41) is 16.3. The highest BCUT2D eigenvalue weighted by Crippen LogP contribution is 2.30. The molecule has 1 aliphatic rings. The molecule has 2 N–H and O–H groups in total. The van der Waals surface area contributed by atoms with E-state index in [1.165, 1.54) is 32.4 Å². The van der Waals surface area contributed by atoms with Crippen LogP contribution in [0.3, 0.4) is 0 Å². The van der Waals surface area contributed by atoms with E-state index in [0.717, 1.165) is 71.1 Å². The van der Waals surface area contributed by atoms with Gasteiger partial charge < -0.3 is 9.64 Å². The van der Waals surface area contributed by atoms with Crippen molar-refractivity contribution in [3.8, 4) is 28.4 Å². The van der Waals surface area contributed by atoms with Crippen molar-refractivity contribution in [3.63, 3.8) is 0 Å². The van der Waals surface area contributed by atoms with Crippen molar-refractivity contribution >= 4 is 10.9 Å². The van der Waals surface area contributed by atoms with Crippen molar-refractivity contribution < 1.29 is 4.74 Å². The molecular formula is C27H34N6O. The summed E-state index contributed by atoms with van der Waals surface area (Å²) in [4.78, 5) is 7.23. The molecule has 1 saturated heterocycles. The summed E-state index contributed by atoms with van der Waals surface area (Å²) in [6.07, 6.45) is 6.00. The monoisotopic (exact) mass is 458 g/mol. The molecule has 3 heterocycles. The zero-order valence-corrected chi connectivity index (χ0v) is 20.2. The topological polar surface area (TPSA) is 82.7 Å². The van der Waals surface area contributed by atoms with Crippen molar-refractivity contribution in [2.24, 2.45) is 5.92 Å². The number of hydrogen-bond acceptors (Lipinski definition) is 5. The number of H-pyrrole nitrogens is 2. The minimum Gasteiger partial charge on any atom is -0.494 e. The van der Waals surface area contributed by atoms with Gasteiger partial charge >= 0.3 is 0 Å². The van der Waals surface area contributed by atoms with Crippen molar-refractivity contribution in [2.45, 2.75) is 46.0 Å². The SMILES string of the molecule is CC(C)Cc1nc(-c2ccc3[nH]nc(-c4ccc(OCCCN5CCCCC5)cc4)c3c2)n[nH]1. The normalized spacial score (nSPS) is 14.8. The Labute approximate surface area is 200 Å². The summed E-state index contributed by atoms with van der Waals surface area (Å²) in [7, 11) is 0. The molecule has 0 atom stereocenters. The van der Waals surface area contributed by atoms with Gasteiger partial charge in [0.2, 0.25) is 0 Å². The molecule has 0 bridgehead atoms. The zero-order valence-electron chi connectivity index (χ0n) is 20.2. The van der Waals surface area contributed by atoms with Gasteiger partial charge in [0.25, 0.3) is 0 Å². The molecule has 1 aliphatic heterocycles. The summed E-state index contributed by atoms with van der Waals surface area (Å²) in [6.45, 7) is 8.71. The van der Waals surface area contributed by atoms with Crippen LogP contribution in [0.4, 0.5) is 0 Å². The quantitative estimate of drug-likeness (QED) is 0.325. The number of nitrogens with zero attached hydrogens (tertiary/aromatic N) is 4. The number of benzene rings is 2.